The zero-order valence-corrected chi connectivity index (χ0v) is 15.0. The van der Waals surface area contributed by atoms with Crippen molar-refractivity contribution in [2.75, 3.05) is 27.9 Å². The molecule has 0 saturated carbocycles. The number of carbonyl (C=O) groups excluding carboxylic acids is 1. The summed E-state index contributed by atoms with van der Waals surface area (Å²) in [5.74, 6) is 0.0252. The van der Waals surface area contributed by atoms with E-state index in [1.807, 2.05) is 0 Å². The van der Waals surface area contributed by atoms with Crippen LogP contribution in [0.5, 0.6) is 17.2 Å². The average molecular weight is 371 g/mol. The Morgan fingerprint density at radius 2 is 1.92 bits per heavy atom. The maximum absolute atomic E-state index is 12.4. The van der Waals surface area contributed by atoms with Gasteiger partial charge in [-0.2, -0.15) is 0 Å². The van der Waals surface area contributed by atoms with Gasteiger partial charge < -0.3 is 19.3 Å². The molecule has 1 fully saturated rings. The first-order valence-electron chi connectivity index (χ1n) is 6.94. The van der Waals surface area contributed by atoms with E-state index in [0.29, 0.717) is 23.7 Å². The molecule has 1 amide bonds. The van der Waals surface area contributed by atoms with Gasteiger partial charge in [-0.1, -0.05) is 30.0 Å². The van der Waals surface area contributed by atoms with Crippen LogP contribution in [0.15, 0.2) is 12.1 Å². The largest absolute Gasteiger partial charge is 0.493 e. The summed E-state index contributed by atoms with van der Waals surface area (Å²) in [5.41, 5.74) is 0.751. The van der Waals surface area contributed by atoms with Crippen molar-refractivity contribution in [1.29, 1.82) is 0 Å². The Morgan fingerprint density at radius 1 is 1.25 bits per heavy atom. The van der Waals surface area contributed by atoms with E-state index in [-0.39, 0.29) is 10.2 Å². The summed E-state index contributed by atoms with van der Waals surface area (Å²) in [7, 11) is 4.53. The Bertz CT molecular complexity index is 678. The summed E-state index contributed by atoms with van der Waals surface area (Å²) >= 11 is 6.29. The Hall–Kier alpha value is -2.00. The Morgan fingerprint density at radius 3 is 2.46 bits per heavy atom. The zero-order chi connectivity index (χ0) is 17.9. The van der Waals surface area contributed by atoms with E-state index in [4.69, 9.17) is 31.5 Å². The SMILES string of the molecule is COc1ccc(CC2SC(=S)N(CC(=O)O)C2=O)c(OC)c1OC. The van der Waals surface area contributed by atoms with E-state index in [2.05, 4.69) is 0 Å². The van der Waals surface area contributed by atoms with Gasteiger partial charge in [0.2, 0.25) is 11.7 Å². The summed E-state index contributed by atoms with van der Waals surface area (Å²) in [6, 6.07) is 3.52. The van der Waals surface area contributed by atoms with Gasteiger partial charge in [-0.05, 0) is 18.1 Å². The lowest BCUT2D eigenvalue weighted by Crippen LogP contribution is -2.36. The summed E-state index contributed by atoms with van der Waals surface area (Å²) < 4.78 is 16.2. The fourth-order valence-corrected chi connectivity index (χ4v) is 3.95. The first-order valence-corrected chi connectivity index (χ1v) is 8.23. The molecule has 24 heavy (non-hydrogen) atoms. The van der Waals surface area contributed by atoms with Crippen LogP contribution in [0.25, 0.3) is 0 Å². The third-order valence-corrected chi connectivity index (χ3v) is 5.07. The molecule has 0 bridgehead atoms. The van der Waals surface area contributed by atoms with Gasteiger partial charge in [0, 0.05) is 0 Å². The van der Waals surface area contributed by atoms with Gasteiger partial charge in [-0.3, -0.25) is 14.5 Å². The number of thioether (sulfide) groups is 1. The predicted molar refractivity (Wildman–Crippen MR) is 93.1 cm³/mol. The quantitative estimate of drug-likeness (QED) is 0.723. The lowest BCUT2D eigenvalue weighted by atomic mass is 10.1. The first-order chi connectivity index (χ1) is 11.4. The number of ether oxygens (including phenoxy) is 3. The number of nitrogens with zero attached hydrogens (tertiary/aromatic N) is 1. The van der Waals surface area contributed by atoms with Crippen molar-refractivity contribution >= 4 is 40.2 Å². The van der Waals surface area contributed by atoms with Crippen LogP contribution < -0.4 is 14.2 Å². The van der Waals surface area contributed by atoms with Crippen molar-refractivity contribution in [3.05, 3.63) is 17.7 Å². The van der Waals surface area contributed by atoms with Gasteiger partial charge >= 0.3 is 5.97 Å². The number of aliphatic carboxylic acids is 1. The minimum atomic E-state index is -1.10. The molecule has 1 N–H and O–H groups in total. The molecule has 1 unspecified atom stereocenters. The highest BCUT2D eigenvalue weighted by Crippen LogP contribution is 2.41. The highest BCUT2D eigenvalue weighted by atomic mass is 32.2. The van der Waals surface area contributed by atoms with Crippen LogP contribution in [0, 0.1) is 0 Å². The van der Waals surface area contributed by atoms with Crippen LogP contribution in [-0.4, -0.2) is 59.3 Å². The van der Waals surface area contributed by atoms with Crippen LogP contribution in [0.3, 0.4) is 0 Å². The molecule has 0 aliphatic carbocycles. The lowest BCUT2D eigenvalue weighted by Gasteiger charge is -2.17. The molecule has 1 aromatic carbocycles. The monoisotopic (exact) mass is 371 g/mol. The number of carboxylic acid groups (broad SMARTS) is 1. The highest BCUT2D eigenvalue weighted by molar-refractivity contribution is 8.24. The van der Waals surface area contributed by atoms with Crippen LogP contribution in [0.4, 0.5) is 0 Å². The number of thiocarbonyl (C=S) groups is 1. The maximum atomic E-state index is 12.4. The molecule has 1 saturated heterocycles. The number of carboxylic acids is 1. The smallest absolute Gasteiger partial charge is 0.323 e. The number of amides is 1. The molecule has 1 heterocycles. The number of carbonyl (C=O) groups is 2. The van der Waals surface area contributed by atoms with Gasteiger partial charge in [0.25, 0.3) is 0 Å². The molecule has 1 atom stereocenters. The van der Waals surface area contributed by atoms with Crippen molar-refractivity contribution < 1.29 is 28.9 Å². The van der Waals surface area contributed by atoms with Crippen LogP contribution in [0.2, 0.25) is 0 Å². The summed E-state index contributed by atoms with van der Waals surface area (Å²) in [4.78, 5) is 24.4. The van der Waals surface area contributed by atoms with E-state index in [1.54, 1.807) is 12.1 Å². The maximum Gasteiger partial charge on any atom is 0.323 e. The molecule has 1 aliphatic heterocycles. The van der Waals surface area contributed by atoms with Gasteiger partial charge in [0.15, 0.2) is 11.5 Å². The minimum Gasteiger partial charge on any atom is -0.493 e. The predicted octanol–water partition coefficient (Wildman–Crippen LogP) is 1.57. The molecular formula is C15H17NO6S2. The fraction of sp³-hybridized carbons (Fsp3) is 0.400. The van der Waals surface area contributed by atoms with Gasteiger partial charge in [-0.25, -0.2) is 0 Å². The van der Waals surface area contributed by atoms with Crippen molar-refractivity contribution in [3.8, 4) is 17.2 Å². The Balaban J connectivity index is 2.27. The normalized spacial score (nSPS) is 17.1. The number of methoxy groups -OCH3 is 3. The molecule has 2 rings (SSSR count). The van der Waals surface area contributed by atoms with Gasteiger partial charge in [-0.15, -0.1) is 0 Å². The van der Waals surface area contributed by atoms with E-state index in [9.17, 15) is 9.59 Å². The van der Waals surface area contributed by atoms with Crippen LogP contribution >= 0.6 is 24.0 Å². The Labute approximate surface area is 148 Å². The van der Waals surface area contributed by atoms with E-state index < -0.39 is 17.8 Å². The Kier molecular flexibility index (Phi) is 5.89. The molecule has 0 radical (unpaired) electrons. The number of hydrogen-bond acceptors (Lipinski definition) is 7. The molecule has 1 aromatic rings. The van der Waals surface area contributed by atoms with Gasteiger partial charge in [0.1, 0.15) is 10.9 Å². The number of rotatable bonds is 7. The standard InChI is InChI=1S/C15H17NO6S2/c1-20-9-5-4-8(12(21-2)13(9)22-3)6-10-14(19)16(7-11(17)18)15(23)24-10/h4-5,10H,6-7H2,1-3H3,(H,17,18). The average Bonchev–Trinajstić information content (AvgIpc) is 2.81. The summed E-state index contributed by atoms with van der Waals surface area (Å²) in [6.45, 7) is -0.426. The van der Waals surface area contributed by atoms with Crippen molar-refractivity contribution in [2.24, 2.45) is 0 Å². The second-order valence-corrected chi connectivity index (χ2v) is 6.72. The minimum absolute atomic E-state index is 0.270. The number of benzene rings is 1. The topological polar surface area (TPSA) is 85.3 Å². The third-order valence-electron chi connectivity index (χ3n) is 3.49. The van der Waals surface area contributed by atoms with E-state index >= 15 is 0 Å². The molecule has 7 nitrogen and oxygen atoms in total. The van der Waals surface area contributed by atoms with E-state index in [0.717, 1.165) is 10.5 Å². The molecule has 9 heteroatoms. The van der Waals surface area contributed by atoms with Crippen molar-refractivity contribution in [2.45, 2.75) is 11.7 Å². The van der Waals surface area contributed by atoms with Gasteiger partial charge in [0.05, 0.1) is 26.6 Å². The fourth-order valence-electron chi connectivity index (χ4n) is 2.43. The van der Waals surface area contributed by atoms with Crippen molar-refractivity contribution in [3.63, 3.8) is 0 Å². The van der Waals surface area contributed by atoms with E-state index in [1.165, 1.54) is 33.1 Å². The van der Waals surface area contributed by atoms with Crippen LogP contribution in [-0.2, 0) is 16.0 Å². The van der Waals surface area contributed by atoms with Crippen molar-refractivity contribution in [1.82, 2.24) is 4.90 Å². The zero-order valence-electron chi connectivity index (χ0n) is 13.4. The summed E-state index contributed by atoms with van der Waals surface area (Å²) in [6.07, 6.45) is 0.337. The second-order valence-electron chi connectivity index (χ2n) is 4.89. The first kappa shape index (κ1) is 18.3. The second kappa shape index (κ2) is 7.71. The summed E-state index contributed by atoms with van der Waals surface area (Å²) in [5, 5.41) is 8.38. The molecule has 0 spiro atoms. The third kappa shape index (κ3) is 3.57. The number of hydrogen-bond donors (Lipinski definition) is 1. The molecule has 1 aliphatic rings. The molecular weight excluding hydrogens is 354 g/mol. The molecule has 130 valence electrons. The highest BCUT2D eigenvalue weighted by Gasteiger charge is 2.38. The lowest BCUT2D eigenvalue weighted by molar-refractivity contribution is -0.141. The van der Waals surface area contributed by atoms with Crippen LogP contribution in [0.1, 0.15) is 5.56 Å². The molecule has 0 aromatic heterocycles.